The van der Waals surface area contributed by atoms with Gasteiger partial charge in [0.1, 0.15) is 17.4 Å². The molecule has 3 heterocycles. The van der Waals surface area contributed by atoms with E-state index in [0.29, 0.717) is 16.8 Å². The summed E-state index contributed by atoms with van der Waals surface area (Å²) in [5.74, 6) is 0.183. The van der Waals surface area contributed by atoms with Gasteiger partial charge in [0, 0.05) is 41.3 Å². The lowest BCUT2D eigenvalue weighted by atomic mass is 10.1. The van der Waals surface area contributed by atoms with Crippen LogP contribution < -0.4 is 4.74 Å². The SMILES string of the molecule is Cc1ccccc1OCC1=NN2C(=N)/C(=C/c3cn(Cc4ccc([N+](=O)[O-])cc4)c4ccccc34)C(=O)N=C2S1. The van der Waals surface area contributed by atoms with Crippen LogP contribution in [-0.4, -0.2) is 43.1 Å². The molecule has 0 radical (unpaired) electrons. The molecule has 2 aliphatic heterocycles. The lowest BCUT2D eigenvalue weighted by molar-refractivity contribution is -0.384. The second-order valence-corrected chi connectivity index (χ2v) is 10.3. The molecule has 0 spiro atoms. The lowest BCUT2D eigenvalue weighted by Crippen LogP contribution is -2.35. The number of ether oxygens (including phenoxy) is 1. The van der Waals surface area contributed by atoms with Crippen molar-refractivity contribution in [2.75, 3.05) is 6.61 Å². The molecule has 0 unspecified atom stereocenters. The minimum Gasteiger partial charge on any atom is -0.486 e. The van der Waals surface area contributed by atoms with E-state index in [-0.39, 0.29) is 23.7 Å². The van der Waals surface area contributed by atoms with Gasteiger partial charge in [0.25, 0.3) is 11.6 Å². The van der Waals surface area contributed by atoms with Crippen LogP contribution in [0.25, 0.3) is 17.0 Å². The number of hydrogen-bond donors (Lipinski definition) is 1. The zero-order chi connectivity index (χ0) is 27.8. The molecule has 1 amide bonds. The maximum Gasteiger partial charge on any atom is 0.283 e. The first-order chi connectivity index (χ1) is 19.4. The van der Waals surface area contributed by atoms with Gasteiger partial charge in [0.05, 0.1) is 10.5 Å². The Hall–Kier alpha value is -5.03. The van der Waals surface area contributed by atoms with E-state index in [2.05, 4.69) is 10.1 Å². The third-order valence-electron chi connectivity index (χ3n) is 6.56. The van der Waals surface area contributed by atoms with Crippen molar-refractivity contribution in [3.63, 3.8) is 0 Å². The number of rotatable bonds is 7. The van der Waals surface area contributed by atoms with Crippen LogP contribution in [0, 0.1) is 22.4 Å². The van der Waals surface area contributed by atoms with Crippen LogP contribution in [-0.2, 0) is 11.3 Å². The second kappa shape index (κ2) is 10.3. The number of amides is 1. The Morgan fingerprint density at radius 2 is 1.82 bits per heavy atom. The number of aryl methyl sites for hydroxylation is 1. The van der Waals surface area contributed by atoms with Crippen LogP contribution in [0.5, 0.6) is 5.75 Å². The van der Waals surface area contributed by atoms with Gasteiger partial charge in [0.2, 0.25) is 5.17 Å². The molecule has 1 aromatic heterocycles. The Morgan fingerprint density at radius 3 is 2.60 bits per heavy atom. The fourth-order valence-corrected chi connectivity index (χ4v) is 5.34. The molecular formula is C29H22N6O4S. The highest BCUT2D eigenvalue weighted by Crippen LogP contribution is 2.31. The highest BCUT2D eigenvalue weighted by Gasteiger charge is 2.36. The number of hydrogen-bond acceptors (Lipinski definition) is 7. The predicted molar refractivity (Wildman–Crippen MR) is 156 cm³/mol. The van der Waals surface area contributed by atoms with Crippen molar-refractivity contribution in [2.24, 2.45) is 10.1 Å². The topological polar surface area (TPSA) is 126 Å². The van der Waals surface area contributed by atoms with Gasteiger partial charge in [-0.25, -0.2) is 0 Å². The molecule has 1 N–H and O–H groups in total. The summed E-state index contributed by atoms with van der Waals surface area (Å²) in [5.41, 5.74) is 3.74. The Morgan fingerprint density at radius 1 is 1.07 bits per heavy atom. The van der Waals surface area contributed by atoms with Gasteiger partial charge >= 0.3 is 0 Å². The summed E-state index contributed by atoms with van der Waals surface area (Å²) in [4.78, 5) is 27.8. The average Bonchev–Trinajstić information content (AvgIpc) is 3.52. The van der Waals surface area contributed by atoms with Crippen molar-refractivity contribution in [1.82, 2.24) is 9.58 Å². The Bertz CT molecular complexity index is 1790. The molecule has 198 valence electrons. The number of nitrogens with one attached hydrogen (secondary N) is 1. The van der Waals surface area contributed by atoms with E-state index in [4.69, 9.17) is 10.1 Å². The molecular weight excluding hydrogens is 528 g/mol. The van der Waals surface area contributed by atoms with Gasteiger partial charge in [-0.3, -0.25) is 20.3 Å². The number of amidine groups is 2. The number of hydrazone groups is 1. The molecule has 2 aliphatic rings. The van der Waals surface area contributed by atoms with Gasteiger partial charge in [-0.05, 0) is 48.0 Å². The van der Waals surface area contributed by atoms with Gasteiger partial charge in [-0.2, -0.15) is 15.1 Å². The summed E-state index contributed by atoms with van der Waals surface area (Å²) in [6, 6.07) is 21.8. The number of aliphatic imine (C=N–C) groups is 1. The molecule has 10 nitrogen and oxygen atoms in total. The van der Waals surface area contributed by atoms with Crippen molar-refractivity contribution in [1.29, 1.82) is 5.41 Å². The normalized spacial score (nSPS) is 15.8. The first-order valence-corrected chi connectivity index (χ1v) is 13.2. The fourth-order valence-electron chi connectivity index (χ4n) is 4.54. The van der Waals surface area contributed by atoms with Crippen LogP contribution in [0.15, 0.2) is 94.7 Å². The monoisotopic (exact) mass is 550 g/mol. The molecule has 6 rings (SSSR count). The van der Waals surface area contributed by atoms with Crippen LogP contribution in [0.4, 0.5) is 5.69 Å². The molecule has 0 saturated carbocycles. The van der Waals surface area contributed by atoms with Crippen LogP contribution in [0.2, 0.25) is 0 Å². The third kappa shape index (κ3) is 4.78. The number of carbonyl (C=O) groups is 1. The van der Waals surface area contributed by atoms with Gasteiger partial charge in [-0.15, -0.1) is 0 Å². The minimum absolute atomic E-state index is 0.0356. The third-order valence-corrected chi connectivity index (χ3v) is 7.44. The Kier molecular flexibility index (Phi) is 6.48. The standard InChI is InChI=1S/C29H22N6O4S/c1-18-6-2-5-9-25(18)39-17-26-32-34-27(30)23(28(36)31-29(34)40-26)14-20-16-33(24-8-4-3-7-22(20)24)15-19-10-12-21(13-11-19)35(37)38/h2-14,16,30H,15,17H2,1H3/b23-14-,30-27?. The number of benzene rings is 3. The molecule has 11 heteroatoms. The van der Waals surface area contributed by atoms with Crippen molar-refractivity contribution in [2.45, 2.75) is 13.5 Å². The van der Waals surface area contributed by atoms with Crippen LogP contribution in [0.3, 0.4) is 0 Å². The number of nitrogens with zero attached hydrogens (tertiary/aromatic N) is 5. The quantitative estimate of drug-likeness (QED) is 0.181. The van der Waals surface area contributed by atoms with E-state index < -0.39 is 10.8 Å². The van der Waals surface area contributed by atoms with E-state index >= 15 is 0 Å². The van der Waals surface area contributed by atoms with Crippen LogP contribution in [0.1, 0.15) is 16.7 Å². The number of nitro benzene ring substituents is 1. The Labute approximate surface area is 232 Å². The number of fused-ring (bicyclic) bond motifs is 2. The average molecular weight is 551 g/mol. The van der Waals surface area contributed by atoms with Crippen molar-refractivity contribution < 1.29 is 14.5 Å². The lowest BCUT2D eigenvalue weighted by Gasteiger charge is -2.20. The summed E-state index contributed by atoms with van der Waals surface area (Å²) in [5, 5.41) is 27.4. The first kappa shape index (κ1) is 25.3. The number of nitro groups is 1. The van der Waals surface area contributed by atoms with Crippen molar-refractivity contribution in [3.8, 4) is 5.75 Å². The number of non-ortho nitro benzene ring substituents is 1. The van der Waals surface area contributed by atoms with Crippen molar-refractivity contribution >= 4 is 56.4 Å². The first-order valence-electron chi connectivity index (χ1n) is 12.4. The molecule has 0 bridgehead atoms. The summed E-state index contributed by atoms with van der Waals surface area (Å²) in [6.07, 6.45) is 3.57. The van der Waals surface area contributed by atoms with E-state index in [0.717, 1.165) is 33.3 Å². The molecule has 4 aromatic rings. The van der Waals surface area contributed by atoms with Gasteiger partial charge in [-0.1, -0.05) is 48.5 Å². The highest BCUT2D eigenvalue weighted by molar-refractivity contribution is 8.27. The zero-order valence-corrected chi connectivity index (χ0v) is 22.1. The summed E-state index contributed by atoms with van der Waals surface area (Å²) in [6.45, 7) is 2.63. The second-order valence-electron chi connectivity index (χ2n) is 9.22. The van der Waals surface area contributed by atoms with Gasteiger partial charge in [0.15, 0.2) is 5.84 Å². The maximum atomic E-state index is 13.0. The maximum absolute atomic E-state index is 13.0. The molecule has 0 fully saturated rings. The van der Waals surface area contributed by atoms with Gasteiger partial charge < -0.3 is 9.30 Å². The number of para-hydroxylation sites is 2. The number of thioether (sulfide) groups is 1. The van der Waals surface area contributed by atoms with E-state index in [1.165, 1.54) is 28.9 Å². The minimum atomic E-state index is -0.507. The zero-order valence-electron chi connectivity index (χ0n) is 21.3. The van der Waals surface area contributed by atoms with E-state index in [9.17, 15) is 14.9 Å². The number of aromatic nitrogens is 1. The Balaban J connectivity index is 1.27. The van der Waals surface area contributed by atoms with Crippen molar-refractivity contribution in [3.05, 3.63) is 111 Å². The van der Waals surface area contributed by atoms with Crippen LogP contribution >= 0.6 is 11.8 Å². The smallest absolute Gasteiger partial charge is 0.283 e. The summed E-state index contributed by atoms with van der Waals surface area (Å²) >= 11 is 1.21. The summed E-state index contributed by atoms with van der Waals surface area (Å²) < 4.78 is 7.90. The van der Waals surface area contributed by atoms with E-state index in [1.54, 1.807) is 18.2 Å². The summed E-state index contributed by atoms with van der Waals surface area (Å²) in [7, 11) is 0. The number of carbonyl (C=O) groups excluding carboxylic acids is 1. The molecule has 0 atom stereocenters. The molecule has 0 saturated heterocycles. The predicted octanol–water partition coefficient (Wildman–Crippen LogP) is 5.60. The molecule has 0 aliphatic carbocycles. The largest absolute Gasteiger partial charge is 0.486 e. The highest BCUT2D eigenvalue weighted by atomic mass is 32.2. The fraction of sp³-hybridized carbons (Fsp3) is 0.103. The molecule has 3 aromatic carbocycles. The van der Waals surface area contributed by atoms with E-state index in [1.807, 2.05) is 66.2 Å². The molecule has 40 heavy (non-hydrogen) atoms.